The highest BCUT2D eigenvalue weighted by molar-refractivity contribution is 6.05. The van der Waals surface area contributed by atoms with E-state index in [4.69, 9.17) is 15.2 Å². The zero-order valence-corrected chi connectivity index (χ0v) is 21.1. The minimum atomic E-state index is -1.18. The van der Waals surface area contributed by atoms with Gasteiger partial charge in [-0.15, -0.1) is 0 Å². The highest BCUT2D eigenvalue weighted by Gasteiger charge is 2.56. The molecule has 186 valence electrons. The van der Waals surface area contributed by atoms with Crippen LogP contribution in [0.2, 0.25) is 0 Å². The molecule has 0 amide bonds. The summed E-state index contributed by atoms with van der Waals surface area (Å²) in [6.07, 6.45) is 4.02. The summed E-state index contributed by atoms with van der Waals surface area (Å²) in [5.41, 5.74) is 12.8. The third kappa shape index (κ3) is 3.49. The standard InChI is InChI=1S/C32H30N2O3/c1-3-4-6-15-22-20(2)30(34-21-13-7-5-8-14-21)28-27(29(22)33)31(35)37-32(28)23-16-9-11-18-25(23)36-26-19-12-10-17-24(26)32/h5,7-14,16-19,34H,3-4,6,15,33H2,1-2H3. The van der Waals surface area contributed by atoms with Gasteiger partial charge < -0.3 is 20.5 Å². The summed E-state index contributed by atoms with van der Waals surface area (Å²) in [7, 11) is 0. The topological polar surface area (TPSA) is 73.6 Å². The Hall–Kier alpha value is -4.25. The van der Waals surface area contributed by atoms with Gasteiger partial charge >= 0.3 is 5.97 Å². The first-order valence-electron chi connectivity index (χ1n) is 12.9. The number of anilines is 3. The normalized spacial score (nSPS) is 14.4. The number of nitrogen functional groups attached to an aromatic ring is 1. The number of nitrogens with two attached hydrogens (primary N) is 1. The molecular weight excluding hydrogens is 460 g/mol. The van der Waals surface area contributed by atoms with Gasteiger partial charge in [0.2, 0.25) is 0 Å². The van der Waals surface area contributed by atoms with Gasteiger partial charge in [0, 0.05) is 22.4 Å². The van der Waals surface area contributed by atoms with Crippen molar-refractivity contribution in [3.63, 3.8) is 0 Å². The van der Waals surface area contributed by atoms with Crippen molar-refractivity contribution in [2.24, 2.45) is 0 Å². The van der Waals surface area contributed by atoms with Crippen LogP contribution >= 0.6 is 0 Å². The molecule has 1 spiro atoms. The molecule has 0 saturated heterocycles. The molecule has 2 aliphatic rings. The summed E-state index contributed by atoms with van der Waals surface area (Å²) in [6, 6.07) is 25.5. The molecule has 2 heterocycles. The SMILES string of the molecule is CCCCCc1c(C)c(Nc2ccccc2)c2c(c1N)C(=O)OC21c2ccccc2Oc2ccccc21. The number of esters is 1. The molecule has 0 unspecified atom stereocenters. The molecule has 0 aromatic heterocycles. The molecule has 6 rings (SSSR count). The number of ether oxygens (including phenoxy) is 2. The third-order valence-electron chi connectivity index (χ3n) is 7.55. The maximum atomic E-state index is 13.8. The molecule has 0 atom stereocenters. The summed E-state index contributed by atoms with van der Waals surface area (Å²) < 4.78 is 12.7. The van der Waals surface area contributed by atoms with Crippen LogP contribution < -0.4 is 15.8 Å². The van der Waals surface area contributed by atoms with Gasteiger partial charge in [0.25, 0.3) is 0 Å². The zero-order valence-electron chi connectivity index (χ0n) is 21.1. The number of carbonyl (C=O) groups is 1. The first-order chi connectivity index (χ1) is 18.1. The van der Waals surface area contributed by atoms with Crippen molar-refractivity contribution in [1.82, 2.24) is 0 Å². The highest BCUT2D eigenvalue weighted by Crippen LogP contribution is 2.59. The monoisotopic (exact) mass is 490 g/mol. The maximum Gasteiger partial charge on any atom is 0.342 e. The van der Waals surface area contributed by atoms with E-state index in [1.807, 2.05) is 78.9 Å². The van der Waals surface area contributed by atoms with Gasteiger partial charge in [-0.25, -0.2) is 4.79 Å². The number of unbranched alkanes of at least 4 members (excludes halogenated alkanes) is 2. The van der Waals surface area contributed by atoms with E-state index in [0.29, 0.717) is 22.7 Å². The number of fused-ring (bicyclic) bond motifs is 6. The van der Waals surface area contributed by atoms with Crippen molar-refractivity contribution < 1.29 is 14.3 Å². The Morgan fingerprint density at radius 2 is 1.49 bits per heavy atom. The van der Waals surface area contributed by atoms with Crippen LogP contribution in [-0.2, 0) is 16.8 Å². The Morgan fingerprint density at radius 1 is 0.865 bits per heavy atom. The van der Waals surface area contributed by atoms with Gasteiger partial charge in [0.15, 0.2) is 5.60 Å². The van der Waals surface area contributed by atoms with Crippen LogP contribution in [-0.4, -0.2) is 5.97 Å². The molecule has 37 heavy (non-hydrogen) atoms. The predicted molar refractivity (Wildman–Crippen MR) is 147 cm³/mol. The molecule has 0 saturated carbocycles. The Balaban J connectivity index is 1.69. The fraction of sp³-hybridized carbons (Fsp3) is 0.219. The van der Waals surface area contributed by atoms with Crippen molar-refractivity contribution in [2.45, 2.75) is 45.1 Å². The number of carbonyl (C=O) groups excluding carboxylic acids is 1. The van der Waals surface area contributed by atoms with Crippen LogP contribution in [0.1, 0.15) is 64.4 Å². The average molecular weight is 491 g/mol. The summed E-state index contributed by atoms with van der Waals surface area (Å²) in [5.74, 6) is 0.915. The van der Waals surface area contributed by atoms with Gasteiger partial charge in [-0.1, -0.05) is 74.4 Å². The van der Waals surface area contributed by atoms with Crippen molar-refractivity contribution >= 4 is 23.0 Å². The quantitative estimate of drug-likeness (QED) is 0.165. The number of hydrogen-bond donors (Lipinski definition) is 2. The first-order valence-corrected chi connectivity index (χ1v) is 12.9. The number of rotatable bonds is 6. The Labute approximate surface area is 217 Å². The van der Waals surface area contributed by atoms with Gasteiger partial charge in [0.1, 0.15) is 11.5 Å². The lowest BCUT2D eigenvalue weighted by atomic mass is 9.75. The number of para-hydroxylation sites is 3. The molecule has 4 aromatic rings. The lowest BCUT2D eigenvalue weighted by Crippen LogP contribution is -2.33. The number of hydrogen-bond acceptors (Lipinski definition) is 5. The van der Waals surface area contributed by atoms with E-state index in [1.165, 1.54) is 0 Å². The van der Waals surface area contributed by atoms with Gasteiger partial charge in [-0.3, -0.25) is 0 Å². The highest BCUT2D eigenvalue weighted by atomic mass is 16.6. The smallest absolute Gasteiger partial charge is 0.342 e. The van der Waals surface area contributed by atoms with E-state index < -0.39 is 11.6 Å². The van der Waals surface area contributed by atoms with E-state index in [0.717, 1.165) is 64.9 Å². The molecule has 0 bridgehead atoms. The van der Waals surface area contributed by atoms with E-state index in [1.54, 1.807) is 0 Å². The van der Waals surface area contributed by atoms with Crippen LogP contribution in [0.15, 0.2) is 78.9 Å². The number of benzene rings is 4. The van der Waals surface area contributed by atoms with E-state index in [-0.39, 0.29) is 0 Å². The fourth-order valence-electron chi connectivity index (χ4n) is 5.79. The lowest BCUT2D eigenvalue weighted by Gasteiger charge is -2.37. The molecule has 2 aliphatic heterocycles. The van der Waals surface area contributed by atoms with E-state index >= 15 is 0 Å². The largest absolute Gasteiger partial charge is 0.456 e. The molecular formula is C32H30N2O3. The second-order valence-corrected chi connectivity index (χ2v) is 9.76. The zero-order chi connectivity index (χ0) is 25.6. The Bertz CT molecular complexity index is 1460. The van der Waals surface area contributed by atoms with Crippen LogP contribution in [0.5, 0.6) is 11.5 Å². The van der Waals surface area contributed by atoms with Crippen LogP contribution in [0.25, 0.3) is 0 Å². The van der Waals surface area contributed by atoms with Gasteiger partial charge in [-0.05, 0) is 55.2 Å². The van der Waals surface area contributed by atoms with Crippen molar-refractivity contribution in [3.05, 3.63) is 112 Å². The Kier molecular flexibility index (Phi) is 5.64. The average Bonchev–Trinajstić information content (AvgIpc) is 3.22. The molecule has 0 aliphatic carbocycles. The molecule has 5 heteroatoms. The summed E-state index contributed by atoms with van der Waals surface area (Å²) in [4.78, 5) is 13.8. The molecule has 4 aromatic carbocycles. The Morgan fingerprint density at radius 3 is 2.14 bits per heavy atom. The van der Waals surface area contributed by atoms with Crippen molar-refractivity contribution in [1.29, 1.82) is 0 Å². The minimum Gasteiger partial charge on any atom is -0.456 e. The minimum absolute atomic E-state index is 0.410. The second-order valence-electron chi connectivity index (χ2n) is 9.76. The van der Waals surface area contributed by atoms with Crippen LogP contribution in [0, 0.1) is 6.92 Å². The van der Waals surface area contributed by atoms with Gasteiger partial charge in [-0.2, -0.15) is 0 Å². The second kappa shape index (κ2) is 9.00. The number of nitrogens with one attached hydrogen (secondary N) is 1. The van der Waals surface area contributed by atoms with Crippen LogP contribution in [0.3, 0.4) is 0 Å². The molecule has 3 N–H and O–H groups in total. The third-order valence-corrected chi connectivity index (χ3v) is 7.55. The maximum absolute atomic E-state index is 13.8. The lowest BCUT2D eigenvalue weighted by molar-refractivity contribution is 0.0226. The van der Waals surface area contributed by atoms with E-state index in [9.17, 15) is 4.79 Å². The molecule has 5 nitrogen and oxygen atoms in total. The van der Waals surface area contributed by atoms with Crippen molar-refractivity contribution in [2.75, 3.05) is 11.1 Å². The fourth-order valence-corrected chi connectivity index (χ4v) is 5.79. The predicted octanol–water partition coefficient (Wildman–Crippen LogP) is 7.62. The summed E-state index contributed by atoms with van der Waals surface area (Å²) in [5, 5.41) is 3.66. The van der Waals surface area contributed by atoms with E-state index in [2.05, 4.69) is 19.2 Å². The van der Waals surface area contributed by atoms with Crippen molar-refractivity contribution in [3.8, 4) is 11.5 Å². The molecule has 0 fully saturated rings. The first kappa shape index (κ1) is 23.2. The summed E-state index contributed by atoms with van der Waals surface area (Å²) >= 11 is 0. The van der Waals surface area contributed by atoms with Gasteiger partial charge in [0.05, 0.1) is 16.9 Å². The summed E-state index contributed by atoms with van der Waals surface area (Å²) in [6.45, 7) is 4.28. The molecule has 0 radical (unpaired) electrons. The van der Waals surface area contributed by atoms with Crippen LogP contribution in [0.4, 0.5) is 17.1 Å².